The van der Waals surface area contributed by atoms with Crippen LogP contribution in [0.2, 0.25) is 0 Å². The van der Waals surface area contributed by atoms with Crippen molar-refractivity contribution in [2.45, 2.75) is 64.3 Å². The van der Waals surface area contributed by atoms with Gasteiger partial charge in [0, 0.05) is 0 Å². The number of rotatable bonds is 2. The average molecular weight is 230 g/mol. The number of hydrogen-bond acceptors (Lipinski definition) is 0. The molecule has 0 atom stereocenters. The van der Waals surface area contributed by atoms with Crippen molar-refractivity contribution in [2.75, 3.05) is 0 Å². The Hall–Kier alpha value is -0.980. The van der Waals surface area contributed by atoms with E-state index in [0.29, 0.717) is 6.04 Å². The van der Waals surface area contributed by atoms with Crippen molar-refractivity contribution in [2.24, 2.45) is 0 Å². The first-order valence-corrected chi connectivity index (χ1v) is 7.12. The van der Waals surface area contributed by atoms with Gasteiger partial charge in [-0.25, -0.2) is 0 Å². The fourth-order valence-corrected chi connectivity index (χ4v) is 2.58. The molecule has 0 spiro atoms. The van der Waals surface area contributed by atoms with Gasteiger partial charge in [-0.2, -0.15) is 0 Å². The molecule has 1 aromatic rings. The van der Waals surface area contributed by atoms with Gasteiger partial charge in [0.2, 0.25) is 0 Å². The van der Waals surface area contributed by atoms with Crippen molar-refractivity contribution in [3.05, 3.63) is 29.8 Å². The first-order chi connectivity index (χ1) is 8.34. The molecule has 2 rings (SSSR count). The lowest BCUT2D eigenvalue weighted by molar-refractivity contribution is 0.478. The Morgan fingerprint density at radius 1 is 0.824 bits per heavy atom. The lowest BCUT2D eigenvalue weighted by atomic mass is 10.0. The summed E-state index contributed by atoms with van der Waals surface area (Å²) >= 11 is 0. The van der Waals surface area contributed by atoms with Crippen molar-refractivity contribution in [1.29, 1.82) is 0 Å². The van der Waals surface area contributed by atoms with Crippen LogP contribution in [0.5, 0.6) is 0 Å². The van der Waals surface area contributed by atoms with Gasteiger partial charge in [0.25, 0.3) is 0 Å². The van der Waals surface area contributed by atoms with Crippen LogP contribution in [-0.4, -0.2) is 6.04 Å². The second kappa shape index (κ2) is 6.68. The fraction of sp³-hybridized carbons (Fsp3) is 0.625. The van der Waals surface area contributed by atoms with E-state index in [-0.39, 0.29) is 0 Å². The monoisotopic (exact) mass is 230 g/mol. The van der Waals surface area contributed by atoms with Crippen LogP contribution < -0.4 is 5.32 Å². The summed E-state index contributed by atoms with van der Waals surface area (Å²) < 4.78 is 0. The van der Waals surface area contributed by atoms with E-state index in [1.54, 1.807) is 0 Å². The van der Waals surface area contributed by atoms with Gasteiger partial charge in [-0.3, -0.25) is 5.32 Å². The van der Waals surface area contributed by atoms with Crippen molar-refractivity contribution >= 4 is 5.69 Å². The molecule has 1 heteroatoms. The molecule has 1 radical (unpaired) electrons. The standard InChI is InChI=1S/C16H24N/c1-14-10-12-16(13-11-14)17-15-8-6-4-2-3-5-7-9-15/h10-13,15H,2-9H2,1H3. The average Bonchev–Trinajstić information content (AvgIpc) is 2.46. The molecule has 1 nitrogen and oxygen atoms in total. The third kappa shape index (κ3) is 4.41. The van der Waals surface area contributed by atoms with Gasteiger partial charge in [0.15, 0.2) is 0 Å². The Kier molecular flexibility index (Phi) is 4.90. The zero-order valence-corrected chi connectivity index (χ0v) is 11.0. The van der Waals surface area contributed by atoms with E-state index in [2.05, 4.69) is 31.2 Å². The Balaban J connectivity index is 1.88. The zero-order chi connectivity index (χ0) is 11.9. The van der Waals surface area contributed by atoms with Crippen molar-refractivity contribution in [1.82, 2.24) is 5.32 Å². The van der Waals surface area contributed by atoms with E-state index in [9.17, 15) is 0 Å². The number of aryl methyl sites for hydroxylation is 1. The zero-order valence-electron chi connectivity index (χ0n) is 11.0. The van der Waals surface area contributed by atoms with Crippen LogP contribution in [0.25, 0.3) is 0 Å². The molecule has 1 aliphatic carbocycles. The minimum Gasteiger partial charge on any atom is -0.282 e. The quantitative estimate of drug-likeness (QED) is 0.697. The molecule has 0 heterocycles. The van der Waals surface area contributed by atoms with E-state index < -0.39 is 0 Å². The van der Waals surface area contributed by atoms with E-state index in [4.69, 9.17) is 5.32 Å². The predicted molar refractivity (Wildman–Crippen MR) is 73.7 cm³/mol. The number of benzene rings is 1. The largest absolute Gasteiger partial charge is 0.282 e. The summed E-state index contributed by atoms with van der Waals surface area (Å²) in [7, 11) is 0. The third-order valence-electron chi connectivity index (χ3n) is 3.69. The van der Waals surface area contributed by atoms with Crippen LogP contribution in [0.3, 0.4) is 0 Å². The lowest BCUT2D eigenvalue weighted by Gasteiger charge is -2.16. The third-order valence-corrected chi connectivity index (χ3v) is 3.69. The molecule has 0 bridgehead atoms. The van der Waals surface area contributed by atoms with Crippen LogP contribution in [-0.2, 0) is 0 Å². The van der Waals surface area contributed by atoms with Crippen molar-refractivity contribution in [3.63, 3.8) is 0 Å². The molecule has 1 aromatic carbocycles. The summed E-state index contributed by atoms with van der Waals surface area (Å²) in [4.78, 5) is 0. The highest BCUT2D eigenvalue weighted by atomic mass is 14.9. The highest BCUT2D eigenvalue weighted by Gasteiger charge is 2.11. The molecule has 0 unspecified atom stereocenters. The smallest absolute Gasteiger partial charge is 0.0577 e. The van der Waals surface area contributed by atoms with Gasteiger partial charge in [0.05, 0.1) is 11.7 Å². The van der Waals surface area contributed by atoms with Gasteiger partial charge in [-0.05, 0) is 31.9 Å². The molecule has 1 saturated carbocycles. The van der Waals surface area contributed by atoms with Crippen LogP contribution in [0, 0.1) is 6.92 Å². The number of nitrogens with zero attached hydrogens (tertiary/aromatic N) is 1. The second-order valence-electron chi connectivity index (χ2n) is 5.32. The summed E-state index contributed by atoms with van der Waals surface area (Å²) in [5.74, 6) is 0. The minimum atomic E-state index is 0.566. The van der Waals surface area contributed by atoms with Crippen LogP contribution >= 0.6 is 0 Å². The van der Waals surface area contributed by atoms with Gasteiger partial charge in [-0.1, -0.05) is 56.2 Å². The fourth-order valence-electron chi connectivity index (χ4n) is 2.58. The van der Waals surface area contributed by atoms with Crippen LogP contribution in [0.1, 0.15) is 56.9 Å². The first kappa shape index (κ1) is 12.5. The van der Waals surface area contributed by atoms with Gasteiger partial charge in [-0.15, -0.1) is 0 Å². The Labute approximate surface area is 106 Å². The van der Waals surface area contributed by atoms with Crippen molar-refractivity contribution in [3.8, 4) is 0 Å². The maximum Gasteiger partial charge on any atom is 0.0577 e. The molecule has 0 saturated heterocycles. The van der Waals surface area contributed by atoms with Crippen LogP contribution in [0.4, 0.5) is 5.69 Å². The topological polar surface area (TPSA) is 14.1 Å². The molecule has 1 fully saturated rings. The molecular weight excluding hydrogens is 206 g/mol. The lowest BCUT2D eigenvalue weighted by Crippen LogP contribution is -2.18. The maximum absolute atomic E-state index is 4.90. The van der Waals surface area contributed by atoms with Gasteiger partial charge >= 0.3 is 0 Å². The van der Waals surface area contributed by atoms with E-state index >= 15 is 0 Å². The second-order valence-corrected chi connectivity index (χ2v) is 5.32. The summed E-state index contributed by atoms with van der Waals surface area (Å²) in [6, 6.07) is 9.20. The van der Waals surface area contributed by atoms with Gasteiger partial charge < -0.3 is 0 Å². The van der Waals surface area contributed by atoms with Crippen LogP contribution in [0.15, 0.2) is 24.3 Å². The molecule has 1 aliphatic rings. The molecule has 0 aliphatic heterocycles. The Morgan fingerprint density at radius 3 is 1.94 bits per heavy atom. The molecule has 0 N–H and O–H groups in total. The first-order valence-electron chi connectivity index (χ1n) is 7.12. The van der Waals surface area contributed by atoms with Crippen molar-refractivity contribution < 1.29 is 0 Å². The highest BCUT2D eigenvalue weighted by Crippen LogP contribution is 2.20. The van der Waals surface area contributed by atoms with E-state index in [1.165, 1.54) is 62.6 Å². The Morgan fingerprint density at radius 2 is 1.35 bits per heavy atom. The molecule has 93 valence electrons. The minimum absolute atomic E-state index is 0.566. The summed E-state index contributed by atoms with van der Waals surface area (Å²) in [6.07, 6.45) is 11.0. The predicted octanol–water partition coefficient (Wildman–Crippen LogP) is 4.73. The molecule has 0 aromatic heterocycles. The SMILES string of the molecule is Cc1ccc([N]C2CCCCCCCC2)cc1. The van der Waals surface area contributed by atoms with Gasteiger partial charge in [0.1, 0.15) is 0 Å². The summed E-state index contributed by atoms with van der Waals surface area (Å²) in [5.41, 5.74) is 2.48. The maximum atomic E-state index is 4.90. The highest BCUT2D eigenvalue weighted by molar-refractivity contribution is 5.37. The Bertz CT molecular complexity index is 305. The molecule has 0 amide bonds. The summed E-state index contributed by atoms with van der Waals surface area (Å²) in [5, 5.41) is 4.90. The molecular formula is C16H24N. The van der Waals surface area contributed by atoms with E-state index in [0.717, 1.165) is 0 Å². The number of hydrogen-bond donors (Lipinski definition) is 0. The van der Waals surface area contributed by atoms with E-state index in [1.807, 2.05) is 0 Å². The summed E-state index contributed by atoms with van der Waals surface area (Å²) in [6.45, 7) is 2.13. The molecule has 17 heavy (non-hydrogen) atoms. The normalized spacial score (nSPS) is 19.1.